The van der Waals surface area contributed by atoms with E-state index in [9.17, 15) is 14.0 Å². The summed E-state index contributed by atoms with van der Waals surface area (Å²) in [6.45, 7) is 6.12. The number of rotatable bonds is 7. The quantitative estimate of drug-likeness (QED) is 0.600. The molecule has 0 saturated heterocycles. The van der Waals surface area contributed by atoms with E-state index in [1.54, 1.807) is 41.1 Å². The minimum atomic E-state index is -0.329. The Morgan fingerprint density at radius 1 is 1.10 bits per heavy atom. The number of likely N-dealkylation sites (N-methyl/N-ethyl adjacent to an activating group) is 1. The van der Waals surface area contributed by atoms with Crippen LogP contribution < -0.4 is 5.32 Å². The van der Waals surface area contributed by atoms with Crippen molar-refractivity contribution in [2.24, 2.45) is 0 Å². The summed E-state index contributed by atoms with van der Waals surface area (Å²) >= 11 is 6.21. The van der Waals surface area contributed by atoms with E-state index in [0.29, 0.717) is 17.1 Å². The van der Waals surface area contributed by atoms with E-state index in [0.717, 1.165) is 22.6 Å². The van der Waals surface area contributed by atoms with Crippen molar-refractivity contribution in [2.45, 2.75) is 27.3 Å². The number of nitrogens with one attached hydrogen (secondary N) is 1. The highest BCUT2D eigenvalue weighted by molar-refractivity contribution is 6.31. The molecule has 1 aromatic heterocycles. The molecule has 0 aliphatic rings. The fraction of sp³-hybridized carbons (Fsp3) is 0.261. The summed E-state index contributed by atoms with van der Waals surface area (Å²) in [6.07, 6.45) is 0. The summed E-state index contributed by atoms with van der Waals surface area (Å²) in [5.74, 6) is -0.851. The van der Waals surface area contributed by atoms with Crippen molar-refractivity contribution in [3.63, 3.8) is 0 Å². The first-order chi connectivity index (χ1) is 14.8. The highest BCUT2D eigenvalue weighted by Crippen LogP contribution is 2.22. The van der Waals surface area contributed by atoms with Crippen LogP contribution in [0.3, 0.4) is 0 Å². The van der Waals surface area contributed by atoms with Crippen molar-refractivity contribution in [3.05, 3.63) is 81.9 Å². The number of amides is 2. The van der Waals surface area contributed by atoms with Crippen LogP contribution in [0.25, 0.3) is 5.69 Å². The third-order valence-electron chi connectivity index (χ3n) is 4.97. The summed E-state index contributed by atoms with van der Waals surface area (Å²) in [5.41, 5.74) is 3.62. The molecule has 6 nitrogen and oxygen atoms in total. The summed E-state index contributed by atoms with van der Waals surface area (Å²) in [4.78, 5) is 26.6. The number of halogens is 2. The fourth-order valence-electron chi connectivity index (χ4n) is 3.16. The van der Waals surface area contributed by atoms with Crippen LogP contribution in [0.2, 0.25) is 5.02 Å². The Kier molecular flexibility index (Phi) is 7.07. The molecule has 0 aliphatic carbocycles. The van der Waals surface area contributed by atoms with Gasteiger partial charge in [-0.2, -0.15) is 5.10 Å². The predicted molar refractivity (Wildman–Crippen MR) is 118 cm³/mol. The van der Waals surface area contributed by atoms with Crippen LogP contribution >= 0.6 is 11.6 Å². The molecular formula is C23H24ClFN4O2. The zero-order chi connectivity index (χ0) is 22.5. The zero-order valence-electron chi connectivity index (χ0n) is 17.7. The Morgan fingerprint density at radius 2 is 1.74 bits per heavy atom. The molecule has 3 rings (SSSR count). The maximum atomic E-state index is 13.0. The maximum absolute atomic E-state index is 13.0. The van der Waals surface area contributed by atoms with Gasteiger partial charge in [0.25, 0.3) is 5.91 Å². The highest BCUT2D eigenvalue weighted by atomic mass is 35.5. The van der Waals surface area contributed by atoms with Gasteiger partial charge in [-0.3, -0.25) is 9.59 Å². The third-order valence-corrected chi connectivity index (χ3v) is 5.52. The van der Waals surface area contributed by atoms with Crippen LogP contribution in [0.1, 0.15) is 34.2 Å². The monoisotopic (exact) mass is 442 g/mol. The molecule has 0 fully saturated rings. The number of nitrogens with zero attached hydrogens (tertiary/aromatic N) is 3. The fourth-order valence-corrected chi connectivity index (χ4v) is 3.28. The molecule has 2 aromatic carbocycles. The first-order valence-electron chi connectivity index (χ1n) is 9.92. The van der Waals surface area contributed by atoms with Crippen molar-refractivity contribution >= 4 is 23.4 Å². The SMILES string of the molecule is CCN(CC(=O)NCc1ccc(F)cc1)C(=O)c1ccc(-n2nc(C)c(Cl)c2C)cc1. The van der Waals surface area contributed by atoms with Crippen LogP contribution in [-0.2, 0) is 11.3 Å². The Morgan fingerprint density at radius 3 is 2.29 bits per heavy atom. The standard InChI is InChI=1S/C23H24ClFN4O2/c1-4-28(14-21(30)26-13-17-5-9-19(25)10-6-17)23(31)18-7-11-20(12-8-18)29-16(3)22(24)15(2)27-29/h5-12H,4,13-14H2,1-3H3,(H,26,30). The minimum absolute atomic E-state index is 0.0641. The molecule has 0 spiro atoms. The van der Waals surface area contributed by atoms with Gasteiger partial charge in [-0.05, 0) is 62.7 Å². The summed E-state index contributed by atoms with van der Waals surface area (Å²) < 4.78 is 14.7. The molecule has 1 heterocycles. The second-order valence-corrected chi connectivity index (χ2v) is 7.54. The minimum Gasteiger partial charge on any atom is -0.350 e. The largest absolute Gasteiger partial charge is 0.350 e. The number of carbonyl (C=O) groups excluding carboxylic acids is 2. The van der Waals surface area contributed by atoms with Gasteiger partial charge in [0.2, 0.25) is 5.91 Å². The zero-order valence-corrected chi connectivity index (χ0v) is 18.4. The van der Waals surface area contributed by atoms with E-state index in [-0.39, 0.29) is 30.7 Å². The predicted octanol–water partition coefficient (Wildman–Crippen LogP) is 4.06. The van der Waals surface area contributed by atoms with Crippen LogP contribution in [0, 0.1) is 19.7 Å². The summed E-state index contributed by atoms with van der Waals surface area (Å²) in [7, 11) is 0. The van der Waals surface area contributed by atoms with Crippen molar-refractivity contribution in [2.75, 3.05) is 13.1 Å². The lowest BCUT2D eigenvalue weighted by molar-refractivity contribution is -0.121. The van der Waals surface area contributed by atoms with Crippen LogP contribution in [0.15, 0.2) is 48.5 Å². The van der Waals surface area contributed by atoms with Crippen molar-refractivity contribution in [1.29, 1.82) is 0 Å². The van der Waals surface area contributed by atoms with Gasteiger partial charge in [0.15, 0.2) is 0 Å². The van der Waals surface area contributed by atoms with Gasteiger partial charge in [-0.1, -0.05) is 23.7 Å². The van der Waals surface area contributed by atoms with E-state index in [4.69, 9.17) is 11.6 Å². The number of hydrogen-bond acceptors (Lipinski definition) is 3. The molecule has 162 valence electrons. The van der Waals surface area contributed by atoms with Gasteiger partial charge < -0.3 is 10.2 Å². The molecule has 2 amide bonds. The molecule has 0 atom stereocenters. The molecule has 0 saturated carbocycles. The van der Waals surface area contributed by atoms with E-state index in [1.807, 2.05) is 20.8 Å². The molecule has 0 aliphatic heterocycles. The number of hydrogen-bond donors (Lipinski definition) is 1. The van der Waals surface area contributed by atoms with Crippen LogP contribution in [0.4, 0.5) is 4.39 Å². The average Bonchev–Trinajstić information content (AvgIpc) is 3.04. The van der Waals surface area contributed by atoms with Crippen molar-refractivity contribution in [3.8, 4) is 5.69 Å². The maximum Gasteiger partial charge on any atom is 0.254 e. The molecule has 0 unspecified atom stereocenters. The van der Waals surface area contributed by atoms with Gasteiger partial charge in [0.05, 0.1) is 28.6 Å². The Hall–Kier alpha value is -3.19. The lowest BCUT2D eigenvalue weighted by Crippen LogP contribution is -2.40. The lowest BCUT2D eigenvalue weighted by Gasteiger charge is -2.20. The number of carbonyl (C=O) groups is 2. The first kappa shape index (κ1) is 22.5. The third kappa shape index (κ3) is 5.30. The number of benzene rings is 2. The van der Waals surface area contributed by atoms with Crippen LogP contribution in [0.5, 0.6) is 0 Å². The molecule has 0 radical (unpaired) electrons. The molecule has 3 aromatic rings. The Balaban J connectivity index is 1.63. The van der Waals surface area contributed by atoms with Crippen molar-refractivity contribution < 1.29 is 14.0 Å². The smallest absolute Gasteiger partial charge is 0.254 e. The highest BCUT2D eigenvalue weighted by Gasteiger charge is 2.18. The van der Waals surface area contributed by atoms with Gasteiger partial charge in [0, 0.05) is 18.7 Å². The van der Waals surface area contributed by atoms with Gasteiger partial charge >= 0.3 is 0 Å². The summed E-state index contributed by atoms with van der Waals surface area (Å²) in [6, 6.07) is 12.9. The van der Waals surface area contributed by atoms with Gasteiger partial charge in [-0.25, -0.2) is 9.07 Å². The normalized spacial score (nSPS) is 10.7. The molecule has 31 heavy (non-hydrogen) atoms. The first-order valence-corrected chi connectivity index (χ1v) is 10.3. The van der Waals surface area contributed by atoms with E-state index < -0.39 is 0 Å². The van der Waals surface area contributed by atoms with E-state index >= 15 is 0 Å². The molecular weight excluding hydrogens is 419 g/mol. The molecule has 0 bridgehead atoms. The van der Waals surface area contributed by atoms with Crippen LogP contribution in [-0.4, -0.2) is 39.6 Å². The second kappa shape index (κ2) is 9.75. The Bertz CT molecular complexity index is 1080. The van der Waals surface area contributed by atoms with E-state index in [2.05, 4.69) is 10.4 Å². The molecule has 8 heteroatoms. The molecule has 1 N–H and O–H groups in total. The van der Waals surface area contributed by atoms with E-state index in [1.165, 1.54) is 17.0 Å². The van der Waals surface area contributed by atoms with Crippen molar-refractivity contribution in [1.82, 2.24) is 20.0 Å². The van der Waals surface area contributed by atoms with Gasteiger partial charge in [-0.15, -0.1) is 0 Å². The Labute approximate surface area is 185 Å². The number of aryl methyl sites for hydroxylation is 1. The summed E-state index contributed by atoms with van der Waals surface area (Å²) in [5, 5.41) is 7.78. The second-order valence-electron chi connectivity index (χ2n) is 7.17. The average molecular weight is 443 g/mol. The lowest BCUT2D eigenvalue weighted by atomic mass is 10.1. The van der Waals surface area contributed by atoms with Gasteiger partial charge in [0.1, 0.15) is 5.82 Å². The topological polar surface area (TPSA) is 67.2 Å². The number of aromatic nitrogens is 2.